The molecule has 3 N–H and O–H groups in total. The Bertz CT molecular complexity index is 770. The Balaban J connectivity index is 2.13. The van der Waals surface area contributed by atoms with E-state index in [1.807, 2.05) is 32.0 Å². The number of aryl methyl sites for hydroxylation is 2. The van der Waals surface area contributed by atoms with Crippen LogP contribution >= 0.6 is 35.4 Å². The minimum atomic E-state index is 0.125. The lowest BCUT2D eigenvalue weighted by molar-refractivity contribution is 0.302. The molecular formula is C17H17Cl2N3OS. The second-order valence-corrected chi connectivity index (χ2v) is 6.53. The average Bonchev–Trinajstić information content (AvgIpc) is 2.48. The van der Waals surface area contributed by atoms with Crippen molar-refractivity contribution in [2.75, 3.05) is 0 Å². The normalized spacial score (nSPS) is 10.8. The van der Waals surface area contributed by atoms with Crippen molar-refractivity contribution in [3.8, 4) is 5.75 Å². The summed E-state index contributed by atoms with van der Waals surface area (Å²) in [5.41, 5.74) is 11.6. The van der Waals surface area contributed by atoms with E-state index in [0.717, 1.165) is 28.0 Å². The number of halogens is 2. The zero-order valence-electron chi connectivity index (χ0n) is 13.3. The molecule has 24 heavy (non-hydrogen) atoms. The third kappa shape index (κ3) is 5.09. The summed E-state index contributed by atoms with van der Waals surface area (Å²) in [5, 5.41) is 5.27. The molecule has 0 bridgehead atoms. The molecule has 0 heterocycles. The lowest BCUT2D eigenvalue weighted by atomic mass is 10.1. The zero-order chi connectivity index (χ0) is 17.7. The first-order valence-electron chi connectivity index (χ1n) is 7.13. The molecule has 0 aliphatic carbocycles. The van der Waals surface area contributed by atoms with Gasteiger partial charge in [-0.3, -0.25) is 5.43 Å². The minimum absolute atomic E-state index is 0.125. The summed E-state index contributed by atoms with van der Waals surface area (Å²) < 4.78 is 5.94. The molecule has 0 aromatic heterocycles. The Morgan fingerprint density at radius 1 is 1.25 bits per heavy atom. The molecule has 7 heteroatoms. The maximum absolute atomic E-state index is 6.17. The van der Waals surface area contributed by atoms with Crippen molar-refractivity contribution in [1.29, 1.82) is 0 Å². The van der Waals surface area contributed by atoms with Crippen molar-refractivity contribution in [3.05, 3.63) is 62.6 Å². The van der Waals surface area contributed by atoms with E-state index in [2.05, 4.69) is 10.5 Å². The number of thiocarbonyl (C=S) groups is 1. The number of ether oxygens (including phenoxy) is 1. The predicted octanol–water partition coefficient (Wildman–Crippen LogP) is 4.36. The average molecular weight is 382 g/mol. The molecule has 0 aliphatic heterocycles. The number of rotatable bonds is 5. The molecule has 2 rings (SSSR count). The first-order chi connectivity index (χ1) is 11.4. The molecule has 126 valence electrons. The van der Waals surface area contributed by atoms with E-state index >= 15 is 0 Å². The number of hydrogen-bond acceptors (Lipinski definition) is 3. The number of nitrogens with one attached hydrogen (secondary N) is 1. The van der Waals surface area contributed by atoms with Gasteiger partial charge in [0.1, 0.15) is 12.4 Å². The molecule has 0 spiro atoms. The van der Waals surface area contributed by atoms with Crippen molar-refractivity contribution < 1.29 is 4.74 Å². The highest BCUT2D eigenvalue weighted by Gasteiger charge is 2.08. The highest BCUT2D eigenvalue weighted by molar-refractivity contribution is 7.80. The first-order valence-corrected chi connectivity index (χ1v) is 8.29. The fraction of sp³-hybridized carbons (Fsp3) is 0.176. The van der Waals surface area contributed by atoms with Crippen LogP contribution in [0.1, 0.15) is 22.3 Å². The van der Waals surface area contributed by atoms with Crippen molar-refractivity contribution >= 4 is 46.7 Å². The molecule has 0 saturated carbocycles. The van der Waals surface area contributed by atoms with Crippen molar-refractivity contribution in [2.45, 2.75) is 20.5 Å². The summed E-state index contributed by atoms with van der Waals surface area (Å²) in [5.74, 6) is 0.820. The van der Waals surface area contributed by atoms with Gasteiger partial charge in [0.2, 0.25) is 0 Å². The van der Waals surface area contributed by atoms with E-state index in [1.54, 1.807) is 18.3 Å². The number of nitrogens with two attached hydrogens (primary N) is 1. The van der Waals surface area contributed by atoms with Gasteiger partial charge in [-0.25, -0.2) is 0 Å². The van der Waals surface area contributed by atoms with Crippen LogP contribution in [0, 0.1) is 13.8 Å². The molecule has 0 unspecified atom stereocenters. The Labute approximate surface area is 156 Å². The van der Waals surface area contributed by atoms with Crippen LogP contribution in [0.25, 0.3) is 0 Å². The summed E-state index contributed by atoms with van der Waals surface area (Å²) >= 11 is 16.8. The Hall–Kier alpha value is -1.82. The quantitative estimate of drug-likeness (QED) is 0.458. The van der Waals surface area contributed by atoms with Crippen molar-refractivity contribution in [1.82, 2.24) is 5.43 Å². The van der Waals surface area contributed by atoms with Crippen LogP contribution in [-0.4, -0.2) is 11.3 Å². The van der Waals surface area contributed by atoms with E-state index in [1.165, 1.54) is 0 Å². The molecule has 0 radical (unpaired) electrons. The van der Waals surface area contributed by atoms with Crippen LogP contribution in [0.15, 0.2) is 35.4 Å². The largest absolute Gasteiger partial charge is 0.488 e. The monoisotopic (exact) mass is 381 g/mol. The second kappa shape index (κ2) is 8.33. The smallest absolute Gasteiger partial charge is 0.184 e. The van der Waals surface area contributed by atoms with E-state index in [-0.39, 0.29) is 5.11 Å². The van der Waals surface area contributed by atoms with E-state index in [0.29, 0.717) is 16.7 Å². The maximum atomic E-state index is 6.17. The topological polar surface area (TPSA) is 59.6 Å². The summed E-state index contributed by atoms with van der Waals surface area (Å²) in [6, 6.07) is 9.29. The summed E-state index contributed by atoms with van der Waals surface area (Å²) in [4.78, 5) is 0. The predicted molar refractivity (Wildman–Crippen MR) is 104 cm³/mol. The molecule has 0 fully saturated rings. The Morgan fingerprint density at radius 3 is 2.50 bits per heavy atom. The van der Waals surface area contributed by atoms with Crippen LogP contribution in [-0.2, 0) is 6.61 Å². The molecule has 2 aromatic rings. The van der Waals surface area contributed by atoms with Gasteiger partial charge in [0.15, 0.2) is 5.11 Å². The number of hydrogen-bond donors (Lipinski definition) is 2. The van der Waals surface area contributed by atoms with Gasteiger partial charge in [0, 0.05) is 15.6 Å². The van der Waals surface area contributed by atoms with Gasteiger partial charge in [-0.2, -0.15) is 5.10 Å². The highest BCUT2D eigenvalue weighted by Crippen LogP contribution is 2.27. The molecule has 0 saturated heterocycles. The fourth-order valence-corrected chi connectivity index (χ4v) is 2.76. The van der Waals surface area contributed by atoms with Crippen LogP contribution in [0.3, 0.4) is 0 Å². The van der Waals surface area contributed by atoms with E-state index in [4.69, 9.17) is 45.9 Å². The lowest BCUT2D eigenvalue weighted by Gasteiger charge is -2.14. The summed E-state index contributed by atoms with van der Waals surface area (Å²) in [6.45, 7) is 4.32. The van der Waals surface area contributed by atoms with Crippen LogP contribution in [0.2, 0.25) is 10.0 Å². The number of benzene rings is 2. The minimum Gasteiger partial charge on any atom is -0.488 e. The van der Waals surface area contributed by atoms with Gasteiger partial charge in [-0.1, -0.05) is 29.3 Å². The lowest BCUT2D eigenvalue weighted by Crippen LogP contribution is -2.24. The molecular weight excluding hydrogens is 365 g/mol. The van der Waals surface area contributed by atoms with Gasteiger partial charge in [0.05, 0.1) is 6.21 Å². The summed E-state index contributed by atoms with van der Waals surface area (Å²) in [7, 11) is 0. The second-order valence-electron chi connectivity index (χ2n) is 5.24. The van der Waals surface area contributed by atoms with Crippen LogP contribution in [0.4, 0.5) is 0 Å². The molecule has 0 atom stereocenters. The number of hydrazone groups is 1. The van der Waals surface area contributed by atoms with Gasteiger partial charge >= 0.3 is 0 Å². The standard InChI is InChI=1S/C17H17Cl2N3OS/c1-10-5-12(8-21-22-17(20)24)6-11(2)16(10)23-9-13-3-4-14(18)7-15(13)19/h3-8H,9H2,1-2H3,(H3,20,22,24)/b21-8-. The third-order valence-electron chi connectivity index (χ3n) is 3.26. The Morgan fingerprint density at radius 2 is 1.92 bits per heavy atom. The van der Waals surface area contributed by atoms with Gasteiger partial charge < -0.3 is 10.5 Å². The van der Waals surface area contributed by atoms with Crippen molar-refractivity contribution in [2.24, 2.45) is 10.8 Å². The molecule has 4 nitrogen and oxygen atoms in total. The third-order valence-corrected chi connectivity index (χ3v) is 3.94. The van der Waals surface area contributed by atoms with Gasteiger partial charge in [-0.15, -0.1) is 0 Å². The molecule has 0 amide bonds. The van der Waals surface area contributed by atoms with Gasteiger partial charge in [0.25, 0.3) is 0 Å². The van der Waals surface area contributed by atoms with Crippen LogP contribution < -0.4 is 15.9 Å². The van der Waals surface area contributed by atoms with Gasteiger partial charge in [-0.05, 0) is 67.0 Å². The SMILES string of the molecule is Cc1cc(/C=N\NC(N)=S)cc(C)c1OCc1ccc(Cl)cc1Cl. The Kier molecular flexibility index (Phi) is 6.43. The highest BCUT2D eigenvalue weighted by atomic mass is 35.5. The van der Waals surface area contributed by atoms with E-state index in [9.17, 15) is 0 Å². The summed E-state index contributed by atoms with van der Waals surface area (Å²) in [6.07, 6.45) is 1.65. The molecule has 0 aliphatic rings. The number of nitrogens with zero attached hydrogens (tertiary/aromatic N) is 1. The van der Waals surface area contributed by atoms with Crippen molar-refractivity contribution in [3.63, 3.8) is 0 Å². The molecule has 2 aromatic carbocycles. The first kappa shape index (κ1) is 18.5. The maximum Gasteiger partial charge on any atom is 0.184 e. The fourth-order valence-electron chi connectivity index (χ4n) is 2.25. The zero-order valence-corrected chi connectivity index (χ0v) is 15.6. The van der Waals surface area contributed by atoms with E-state index < -0.39 is 0 Å². The van der Waals surface area contributed by atoms with Crippen LogP contribution in [0.5, 0.6) is 5.75 Å².